The molecule has 146 valence electrons. The Bertz CT molecular complexity index is 1190. The van der Waals surface area contributed by atoms with Gasteiger partial charge < -0.3 is 15.6 Å². The molecule has 8 heteroatoms. The van der Waals surface area contributed by atoms with Crippen molar-refractivity contribution >= 4 is 57.6 Å². The highest BCUT2D eigenvalue weighted by atomic mass is 35.5. The summed E-state index contributed by atoms with van der Waals surface area (Å²) in [6.07, 6.45) is 0. The average Bonchev–Trinajstić information content (AvgIpc) is 3.05. The summed E-state index contributed by atoms with van der Waals surface area (Å²) in [5.41, 5.74) is 4.34. The Morgan fingerprint density at radius 3 is 2.48 bits per heavy atom. The number of rotatable bonds is 4. The van der Waals surface area contributed by atoms with Crippen LogP contribution >= 0.6 is 23.2 Å². The molecule has 0 radical (unpaired) electrons. The van der Waals surface area contributed by atoms with Crippen LogP contribution in [-0.4, -0.2) is 20.9 Å². The lowest BCUT2D eigenvalue weighted by molar-refractivity contribution is 0.102. The Balaban J connectivity index is 1.59. The van der Waals surface area contributed by atoms with Crippen molar-refractivity contribution in [3.05, 3.63) is 75.4 Å². The maximum absolute atomic E-state index is 12.6. The first kappa shape index (κ1) is 19.2. The van der Waals surface area contributed by atoms with Crippen molar-refractivity contribution < 1.29 is 4.79 Å². The van der Waals surface area contributed by atoms with E-state index in [2.05, 4.69) is 25.6 Å². The zero-order chi connectivity index (χ0) is 20.5. The molecule has 0 atom stereocenters. The molecule has 0 saturated carbocycles. The highest BCUT2D eigenvalue weighted by molar-refractivity contribution is 6.39. The third-order valence-electron chi connectivity index (χ3n) is 4.29. The van der Waals surface area contributed by atoms with Crippen LogP contribution in [0.25, 0.3) is 11.0 Å². The van der Waals surface area contributed by atoms with Crippen LogP contribution in [0.4, 0.5) is 17.5 Å². The van der Waals surface area contributed by atoms with Crippen molar-refractivity contribution in [3.8, 4) is 0 Å². The van der Waals surface area contributed by atoms with Crippen LogP contribution in [0.3, 0.4) is 0 Å². The van der Waals surface area contributed by atoms with E-state index in [0.29, 0.717) is 44.1 Å². The Morgan fingerprint density at radius 1 is 1.00 bits per heavy atom. The van der Waals surface area contributed by atoms with E-state index in [1.54, 1.807) is 36.4 Å². The molecule has 3 N–H and O–H groups in total. The number of aryl methyl sites for hydroxylation is 2. The normalized spacial score (nSPS) is 10.9. The molecule has 0 aliphatic heterocycles. The molecular formula is C21H17Cl2N5O. The highest BCUT2D eigenvalue weighted by Gasteiger charge is 2.12. The molecule has 2 aromatic heterocycles. The van der Waals surface area contributed by atoms with Gasteiger partial charge in [0, 0.05) is 11.3 Å². The van der Waals surface area contributed by atoms with Gasteiger partial charge in [0.05, 0.1) is 26.8 Å². The minimum atomic E-state index is -0.248. The smallest absolute Gasteiger partial charge is 0.256 e. The van der Waals surface area contributed by atoms with Crippen molar-refractivity contribution in [3.63, 3.8) is 0 Å². The van der Waals surface area contributed by atoms with Crippen LogP contribution in [-0.2, 0) is 0 Å². The number of anilines is 3. The number of amides is 1. The molecule has 0 unspecified atom stereocenters. The predicted molar refractivity (Wildman–Crippen MR) is 118 cm³/mol. The second kappa shape index (κ2) is 7.73. The van der Waals surface area contributed by atoms with E-state index in [4.69, 9.17) is 23.2 Å². The number of nitrogens with zero attached hydrogens (tertiary/aromatic N) is 2. The monoisotopic (exact) mass is 425 g/mol. The molecule has 1 amide bonds. The summed E-state index contributed by atoms with van der Waals surface area (Å²) in [7, 11) is 0. The molecule has 0 bridgehead atoms. The van der Waals surface area contributed by atoms with Crippen molar-refractivity contribution in [1.29, 1.82) is 0 Å². The van der Waals surface area contributed by atoms with Gasteiger partial charge in [0.2, 0.25) is 5.95 Å². The van der Waals surface area contributed by atoms with E-state index in [-0.39, 0.29) is 5.91 Å². The van der Waals surface area contributed by atoms with Gasteiger partial charge in [-0.1, -0.05) is 29.3 Å². The van der Waals surface area contributed by atoms with E-state index in [1.807, 2.05) is 26.0 Å². The number of aromatic nitrogens is 3. The summed E-state index contributed by atoms with van der Waals surface area (Å²) >= 11 is 12.4. The molecule has 0 fully saturated rings. The Morgan fingerprint density at radius 2 is 1.76 bits per heavy atom. The average molecular weight is 426 g/mol. The Labute approximate surface area is 177 Å². The molecule has 0 aliphatic rings. The van der Waals surface area contributed by atoms with Crippen molar-refractivity contribution in [2.75, 3.05) is 10.6 Å². The molecule has 0 spiro atoms. The van der Waals surface area contributed by atoms with Gasteiger partial charge in [0.15, 0.2) is 0 Å². The predicted octanol–water partition coefficient (Wildman–Crippen LogP) is 5.88. The number of hydrogen-bond acceptors (Lipinski definition) is 4. The quantitative estimate of drug-likeness (QED) is 0.381. The van der Waals surface area contributed by atoms with Crippen molar-refractivity contribution in [2.24, 2.45) is 0 Å². The second-order valence-corrected chi connectivity index (χ2v) is 7.48. The van der Waals surface area contributed by atoms with Gasteiger partial charge in [-0.25, -0.2) is 9.97 Å². The second-order valence-electron chi connectivity index (χ2n) is 6.66. The van der Waals surface area contributed by atoms with Crippen LogP contribution < -0.4 is 10.6 Å². The van der Waals surface area contributed by atoms with Gasteiger partial charge in [-0.2, -0.15) is 0 Å². The number of halogens is 2. The van der Waals surface area contributed by atoms with Crippen molar-refractivity contribution in [2.45, 2.75) is 13.8 Å². The topological polar surface area (TPSA) is 82.7 Å². The molecule has 4 aromatic rings. The molecule has 2 aromatic carbocycles. The fraction of sp³-hybridized carbons (Fsp3) is 0.0952. The minimum Gasteiger partial charge on any atom is -0.324 e. The van der Waals surface area contributed by atoms with Gasteiger partial charge in [0.1, 0.15) is 5.82 Å². The van der Waals surface area contributed by atoms with E-state index in [1.165, 1.54) is 0 Å². The zero-order valence-electron chi connectivity index (χ0n) is 15.7. The van der Waals surface area contributed by atoms with E-state index in [9.17, 15) is 4.79 Å². The van der Waals surface area contributed by atoms with E-state index in [0.717, 1.165) is 11.3 Å². The van der Waals surface area contributed by atoms with Gasteiger partial charge in [0.25, 0.3) is 5.91 Å². The summed E-state index contributed by atoms with van der Waals surface area (Å²) in [6, 6.07) is 14.2. The minimum absolute atomic E-state index is 0.248. The fourth-order valence-electron chi connectivity index (χ4n) is 3.04. The summed E-state index contributed by atoms with van der Waals surface area (Å²) < 4.78 is 0. The Hall–Kier alpha value is -3.09. The SMILES string of the molecule is Cc1cc(C)nc(NC(=O)c2ccc3nc(Nc4c(Cl)cccc4Cl)[nH]c3c2)c1. The lowest BCUT2D eigenvalue weighted by Crippen LogP contribution is -2.13. The number of carbonyl (C=O) groups excluding carboxylic acids is 1. The lowest BCUT2D eigenvalue weighted by atomic mass is 10.2. The van der Waals surface area contributed by atoms with Crippen molar-refractivity contribution in [1.82, 2.24) is 15.0 Å². The third-order valence-corrected chi connectivity index (χ3v) is 4.92. The number of hydrogen-bond donors (Lipinski definition) is 3. The van der Waals surface area contributed by atoms with Gasteiger partial charge >= 0.3 is 0 Å². The summed E-state index contributed by atoms with van der Waals surface area (Å²) in [5.74, 6) is 0.749. The molecule has 0 aliphatic carbocycles. The first-order valence-electron chi connectivity index (χ1n) is 8.86. The summed E-state index contributed by atoms with van der Waals surface area (Å²) in [5, 5.41) is 6.89. The van der Waals surface area contributed by atoms with E-state index < -0.39 is 0 Å². The largest absolute Gasteiger partial charge is 0.324 e. The standard InChI is InChI=1S/C21H17Cl2N5O/c1-11-8-12(2)24-18(9-11)27-20(29)13-6-7-16-17(10-13)26-21(25-16)28-19-14(22)4-3-5-15(19)23/h3-10H,1-2H3,(H,24,27,29)(H2,25,26,28). The van der Waals surface area contributed by atoms with Crippen LogP contribution in [0.5, 0.6) is 0 Å². The first-order valence-corrected chi connectivity index (χ1v) is 9.62. The first-order chi connectivity index (χ1) is 13.9. The molecule has 4 rings (SSSR count). The van der Waals surface area contributed by atoms with Crippen LogP contribution in [0.1, 0.15) is 21.6 Å². The summed E-state index contributed by atoms with van der Waals surface area (Å²) in [6.45, 7) is 3.85. The molecular weight excluding hydrogens is 409 g/mol. The van der Waals surface area contributed by atoms with Crippen LogP contribution in [0, 0.1) is 13.8 Å². The highest BCUT2D eigenvalue weighted by Crippen LogP contribution is 2.32. The molecule has 0 saturated heterocycles. The fourth-order valence-corrected chi connectivity index (χ4v) is 3.53. The number of aromatic amines is 1. The number of imidazole rings is 1. The maximum atomic E-state index is 12.6. The number of fused-ring (bicyclic) bond motifs is 1. The lowest BCUT2D eigenvalue weighted by Gasteiger charge is -2.07. The number of H-pyrrole nitrogens is 1. The number of carbonyl (C=O) groups is 1. The number of para-hydroxylation sites is 1. The molecule has 6 nitrogen and oxygen atoms in total. The maximum Gasteiger partial charge on any atom is 0.256 e. The number of nitrogens with one attached hydrogen (secondary N) is 3. The third kappa shape index (κ3) is 4.18. The number of benzene rings is 2. The van der Waals surface area contributed by atoms with Gasteiger partial charge in [-0.05, 0) is 61.9 Å². The number of pyridine rings is 1. The molecule has 2 heterocycles. The van der Waals surface area contributed by atoms with E-state index >= 15 is 0 Å². The molecule has 29 heavy (non-hydrogen) atoms. The summed E-state index contributed by atoms with van der Waals surface area (Å²) in [4.78, 5) is 24.6. The van der Waals surface area contributed by atoms with Crippen LogP contribution in [0.2, 0.25) is 10.0 Å². The van der Waals surface area contributed by atoms with Crippen LogP contribution in [0.15, 0.2) is 48.5 Å². The zero-order valence-corrected chi connectivity index (χ0v) is 17.2. The Kier molecular flexibility index (Phi) is 5.13. The van der Waals surface area contributed by atoms with Gasteiger partial charge in [-0.15, -0.1) is 0 Å². The van der Waals surface area contributed by atoms with Gasteiger partial charge in [-0.3, -0.25) is 4.79 Å².